The number of nitrogens with one attached hydrogen (secondary N) is 1. The first kappa shape index (κ1) is 15.4. The van der Waals surface area contributed by atoms with Crippen molar-refractivity contribution in [2.75, 3.05) is 0 Å². The fraction of sp³-hybridized carbons (Fsp3) is 0. The molecule has 0 saturated heterocycles. The Hall–Kier alpha value is -3.86. The Morgan fingerprint density at radius 3 is 2.26 bits per heavy atom. The first-order valence-electron chi connectivity index (χ1n) is 8.59. The summed E-state index contributed by atoms with van der Waals surface area (Å²) >= 11 is 0. The van der Waals surface area contributed by atoms with Gasteiger partial charge in [-0.15, -0.1) is 0 Å². The van der Waals surface area contributed by atoms with Gasteiger partial charge in [-0.3, -0.25) is 5.10 Å². The molecule has 5 rings (SSSR count). The van der Waals surface area contributed by atoms with Crippen LogP contribution in [0.2, 0.25) is 0 Å². The smallest absolute Gasteiger partial charge is 0.179 e. The van der Waals surface area contributed by atoms with Crippen molar-refractivity contribution in [2.45, 2.75) is 0 Å². The summed E-state index contributed by atoms with van der Waals surface area (Å²) in [5.74, 6) is 0. The van der Waals surface area contributed by atoms with Gasteiger partial charge in [-0.25, -0.2) is 15.0 Å². The van der Waals surface area contributed by atoms with Gasteiger partial charge in [0.1, 0.15) is 5.52 Å². The van der Waals surface area contributed by atoms with Gasteiger partial charge in [-0.2, -0.15) is 5.10 Å². The number of hydrogen-bond acceptors (Lipinski definition) is 4. The van der Waals surface area contributed by atoms with E-state index in [9.17, 15) is 0 Å². The summed E-state index contributed by atoms with van der Waals surface area (Å²) in [4.78, 5) is 14.4. The molecule has 0 amide bonds. The molecule has 3 aromatic heterocycles. The quantitative estimate of drug-likeness (QED) is 0.519. The van der Waals surface area contributed by atoms with E-state index in [4.69, 9.17) is 9.97 Å². The van der Waals surface area contributed by atoms with Crippen LogP contribution in [-0.4, -0.2) is 25.1 Å². The number of H-pyrrole nitrogens is 1. The maximum absolute atomic E-state index is 4.88. The van der Waals surface area contributed by atoms with Crippen LogP contribution < -0.4 is 0 Å². The molecule has 3 heterocycles. The van der Waals surface area contributed by atoms with Gasteiger partial charge < -0.3 is 0 Å². The highest BCUT2D eigenvalue weighted by Gasteiger charge is 2.14. The molecule has 5 heteroatoms. The van der Waals surface area contributed by atoms with Gasteiger partial charge in [0.2, 0.25) is 0 Å². The van der Waals surface area contributed by atoms with E-state index >= 15 is 0 Å². The molecule has 0 aliphatic carbocycles. The summed E-state index contributed by atoms with van der Waals surface area (Å²) < 4.78 is 0. The monoisotopic (exact) mass is 348 g/mol. The third-order valence-electron chi connectivity index (χ3n) is 4.34. The Labute approximate surface area is 155 Å². The van der Waals surface area contributed by atoms with Gasteiger partial charge >= 0.3 is 0 Å². The Morgan fingerprint density at radius 2 is 1.48 bits per heavy atom. The number of aromatic nitrogens is 5. The number of benzene rings is 2. The van der Waals surface area contributed by atoms with Gasteiger partial charge in [-0.05, 0) is 24.3 Å². The van der Waals surface area contributed by atoms with Crippen molar-refractivity contribution in [3.8, 4) is 33.9 Å². The Kier molecular flexibility index (Phi) is 3.68. The zero-order valence-corrected chi connectivity index (χ0v) is 14.3. The van der Waals surface area contributed by atoms with E-state index in [1.54, 1.807) is 6.20 Å². The van der Waals surface area contributed by atoms with E-state index in [1.807, 2.05) is 72.8 Å². The molecule has 0 spiro atoms. The summed E-state index contributed by atoms with van der Waals surface area (Å²) in [6, 6.07) is 26.6. The van der Waals surface area contributed by atoms with Gasteiger partial charge in [-0.1, -0.05) is 54.6 Å². The molecule has 0 unspecified atom stereocenters. The molecule has 5 aromatic rings. The van der Waals surface area contributed by atoms with E-state index in [-0.39, 0.29) is 0 Å². The lowest BCUT2D eigenvalue weighted by Crippen LogP contribution is -1.98. The SMILES string of the molecule is [c]1ccc(-c2nc3ccc(-c4ccn[nH]4)nc3nc2-c2ccccc2)cc1. The van der Waals surface area contributed by atoms with Crippen molar-refractivity contribution >= 4 is 11.2 Å². The van der Waals surface area contributed by atoms with Crippen LogP contribution in [0.4, 0.5) is 0 Å². The second-order valence-corrected chi connectivity index (χ2v) is 6.09. The summed E-state index contributed by atoms with van der Waals surface area (Å²) in [6.07, 6.45) is 1.71. The molecule has 1 radical (unpaired) electrons. The minimum atomic E-state index is 0.604. The van der Waals surface area contributed by atoms with Gasteiger partial charge in [0, 0.05) is 17.3 Å². The molecule has 0 fully saturated rings. The average molecular weight is 348 g/mol. The highest BCUT2D eigenvalue weighted by atomic mass is 15.1. The third-order valence-corrected chi connectivity index (χ3v) is 4.34. The first-order chi connectivity index (χ1) is 13.4. The second kappa shape index (κ2) is 6.46. The molecule has 0 aliphatic heterocycles. The average Bonchev–Trinajstić information content (AvgIpc) is 3.29. The molecular weight excluding hydrogens is 334 g/mol. The predicted octanol–water partition coefficient (Wildman–Crippen LogP) is 4.55. The highest BCUT2D eigenvalue weighted by molar-refractivity contribution is 5.85. The van der Waals surface area contributed by atoms with Crippen LogP contribution in [0.25, 0.3) is 45.1 Å². The number of rotatable bonds is 3. The van der Waals surface area contributed by atoms with Crippen molar-refractivity contribution in [3.05, 3.63) is 85.1 Å². The number of fused-ring (bicyclic) bond motifs is 1. The third kappa shape index (κ3) is 2.85. The zero-order valence-electron chi connectivity index (χ0n) is 14.3. The first-order valence-corrected chi connectivity index (χ1v) is 8.59. The fourth-order valence-corrected chi connectivity index (χ4v) is 3.03. The molecule has 27 heavy (non-hydrogen) atoms. The topological polar surface area (TPSA) is 67.3 Å². The molecule has 1 N–H and O–H groups in total. The van der Waals surface area contributed by atoms with Crippen LogP contribution in [0.5, 0.6) is 0 Å². The van der Waals surface area contributed by atoms with Gasteiger partial charge in [0.15, 0.2) is 5.65 Å². The highest BCUT2D eigenvalue weighted by Crippen LogP contribution is 2.30. The molecule has 127 valence electrons. The van der Waals surface area contributed by atoms with E-state index in [2.05, 4.69) is 21.2 Å². The van der Waals surface area contributed by atoms with Crippen molar-refractivity contribution in [2.24, 2.45) is 0 Å². The predicted molar refractivity (Wildman–Crippen MR) is 105 cm³/mol. The number of nitrogens with zero attached hydrogens (tertiary/aromatic N) is 4. The van der Waals surface area contributed by atoms with Crippen LogP contribution in [0.3, 0.4) is 0 Å². The summed E-state index contributed by atoms with van der Waals surface area (Å²) in [5, 5.41) is 6.93. The Bertz CT molecular complexity index is 1200. The molecule has 0 saturated carbocycles. The number of pyridine rings is 1. The molecule has 0 bridgehead atoms. The van der Waals surface area contributed by atoms with Crippen molar-refractivity contribution in [1.29, 1.82) is 0 Å². The van der Waals surface area contributed by atoms with E-state index in [0.717, 1.165) is 39.4 Å². The Balaban J connectivity index is 1.77. The van der Waals surface area contributed by atoms with Gasteiger partial charge in [0.25, 0.3) is 0 Å². The van der Waals surface area contributed by atoms with E-state index < -0.39 is 0 Å². The molecule has 0 atom stereocenters. The normalized spacial score (nSPS) is 11.0. The van der Waals surface area contributed by atoms with Crippen molar-refractivity contribution in [1.82, 2.24) is 25.1 Å². The van der Waals surface area contributed by atoms with Crippen LogP contribution in [0.1, 0.15) is 0 Å². The van der Waals surface area contributed by atoms with Crippen LogP contribution in [0, 0.1) is 6.07 Å². The van der Waals surface area contributed by atoms with E-state index in [1.165, 1.54) is 0 Å². The maximum atomic E-state index is 4.88. The minimum absolute atomic E-state index is 0.604. The lowest BCUT2D eigenvalue weighted by molar-refractivity contribution is 1.09. The maximum Gasteiger partial charge on any atom is 0.179 e. The van der Waals surface area contributed by atoms with Gasteiger partial charge in [0.05, 0.1) is 22.8 Å². The molecule has 2 aromatic carbocycles. The Morgan fingerprint density at radius 1 is 0.704 bits per heavy atom. The van der Waals surface area contributed by atoms with Crippen LogP contribution in [-0.2, 0) is 0 Å². The molecule has 5 nitrogen and oxygen atoms in total. The van der Waals surface area contributed by atoms with Crippen molar-refractivity contribution < 1.29 is 0 Å². The number of hydrogen-bond donors (Lipinski definition) is 1. The van der Waals surface area contributed by atoms with Crippen LogP contribution >= 0.6 is 0 Å². The summed E-state index contributed by atoms with van der Waals surface area (Å²) in [5.41, 5.74) is 6.64. The molecular formula is C22H14N5. The minimum Gasteiger partial charge on any atom is -0.276 e. The number of aromatic amines is 1. The zero-order chi connectivity index (χ0) is 18.1. The second-order valence-electron chi connectivity index (χ2n) is 6.09. The fourth-order valence-electron chi connectivity index (χ4n) is 3.03. The lowest BCUT2D eigenvalue weighted by Gasteiger charge is -2.10. The standard InChI is InChI=1S/C22H14N5/c1-3-7-15(8-4-1)20-21(16-9-5-2-6-10-16)26-22-19(24-20)12-11-17(25-22)18-13-14-23-27-18/h2-14H,(H,23,27). The van der Waals surface area contributed by atoms with E-state index in [0.29, 0.717) is 5.65 Å². The lowest BCUT2D eigenvalue weighted by atomic mass is 10.0. The molecule has 0 aliphatic rings. The summed E-state index contributed by atoms with van der Waals surface area (Å²) in [7, 11) is 0. The van der Waals surface area contributed by atoms with Crippen molar-refractivity contribution in [3.63, 3.8) is 0 Å². The van der Waals surface area contributed by atoms with Crippen LogP contribution in [0.15, 0.2) is 79.0 Å². The largest absolute Gasteiger partial charge is 0.276 e. The summed E-state index contributed by atoms with van der Waals surface area (Å²) in [6.45, 7) is 0.